The molecular formula is C27H30ClN5O. The molecule has 1 aromatic heterocycles. The molecule has 1 saturated heterocycles. The van der Waals surface area contributed by atoms with E-state index < -0.39 is 0 Å². The van der Waals surface area contributed by atoms with Crippen LogP contribution in [0.25, 0.3) is 11.3 Å². The average Bonchev–Trinajstić information content (AvgIpc) is 2.90. The van der Waals surface area contributed by atoms with Gasteiger partial charge in [0.2, 0.25) is 5.95 Å². The van der Waals surface area contributed by atoms with Gasteiger partial charge in [0, 0.05) is 60.3 Å². The van der Waals surface area contributed by atoms with E-state index in [1.807, 2.05) is 59.5 Å². The Bertz CT molecular complexity index is 1100. The maximum Gasteiger partial charge on any atom is 0.253 e. The van der Waals surface area contributed by atoms with Crippen molar-refractivity contribution in [1.82, 2.24) is 19.8 Å². The van der Waals surface area contributed by atoms with Crippen LogP contribution in [0.2, 0.25) is 5.02 Å². The summed E-state index contributed by atoms with van der Waals surface area (Å²) in [5, 5.41) is 3.92. The summed E-state index contributed by atoms with van der Waals surface area (Å²) in [5.41, 5.74) is 3.34. The predicted octanol–water partition coefficient (Wildman–Crippen LogP) is 5.63. The minimum Gasteiger partial charge on any atom is -0.336 e. The Hall–Kier alpha value is -2.96. The molecule has 0 unspecified atom stereocenters. The normalized spacial score (nSPS) is 17.5. The van der Waals surface area contributed by atoms with Crippen molar-refractivity contribution in [2.75, 3.05) is 31.5 Å². The molecule has 0 atom stereocenters. The van der Waals surface area contributed by atoms with E-state index >= 15 is 0 Å². The fourth-order valence-corrected chi connectivity index (χ4v) is 5.07. The third-order valence-corrected chi connectivity index (χ3v) is 7.13. The van der Waals surface area contributed by atoms with Crippen LogP contribution < -0.4 is 5.32 Å². The number of piperazine rings is 1. The average molecular weight is 476 g/mol. The van der Waals surface area contributed by atoms with Gasteiger partial charge in [-0.15, -0.1) is 0 Å². The van der Waals surface area contributed by atoms with Crippen molar-refractivity contribution in [3.05, 3.63) is 71.4 Å². The van der Waals surface area contributed by atoms with Crippen LogP contribution in [-0.2, 0) is 0 Å². The zero-order chi connectivity index (χ0) is 23.3. The largest absolute Gasteiger partial charge is 0.336 e. The van der Waals surface area contributed by atoms with Crippen LogP contribution in [-0.4, -0.2) is 57.9 Å². The molecule has 0 bridgehead atoms. The van der Waals surface area contributed by atoms with E-state index in [1.165, 1.54) is 32.1 Å². The van der Waals surface area contributed by atoms with Crippen molar-refractivity contribution in [2.24, 2.45) is 0 Å². The van der Waals surface area contributed by atoms with Crippen LogP contribution in [0.5, 0.6) is 0 Å². The van der Waals surface area contributed by atoms with Gasteiger partial charge in [-0.3, -0.25) is 9.69 Å². The van der Waals surface area contributed by atoms with Crippen molar-refractivity contribution in [2.45, 2.75) is 38.1 Å². The third-order valence-electron chi connectivity index (χ3n) is 6.88. The molecule has 0 radical (unpaired) electrons. The predicted molar refractivity (Wildman–Crippen MR) is 137 cm³/mol. The molecule has 0 spiro atoms. The van der Waals surface area contributed by atoms with Gasteiger partial charge in [0.15, 0.2) is 0 Å². The molecule has 6 nitrogen and oxygen atoms in total. The molecule has 1 N–H and O–H groups in total. The molecule has 34 heavy (non-hydrogen) atoms. The molecule has 7 heteroatoms. The Morgan fingerprint density at radius 3 is 2.29 bits per heavy atom. The second kappa shape index (κ2) is 10.5. The summed E-state index contributed by atoms with van der Waals surface area (Å²) in [6, 6.07) is 17.7. The number of anilines is 2. The van der Waals surface area contributed by atoms with E-state index in [4.69, 9.17) is 11.6 Å². The summed E-state index contributed by atoms with van der Waals surface area (Å²) >= 11 is 5.99. The molecule has 2 aliphatic rings. The number of benzene rings is 2. The molecular weight excluding hydrogens is 446 g/mol. The standard InChI is InChI=1S/C27H30ClN5O/c28-22-10-6-20(7-11-22)25-14-15-29-27(31-25)30-23-12-8-21(9-13-23)26(34)33-18-16-32(17-19-33)24-4-2-1-3-5-24/h6-15,24H,1-5,16-19H2,(H,29,30,31). The lowest BCUT2D eigenvalue weighted by molar-refractivity contribution is 0.0523. The number of nitrogens with one attached hydrogen (secondary N) is 1. The summed E-state index contributed by atoms with van der Waals surface area (Å²) in [6.07, 6.45) is 8.43. The van der Waals surface area contributed by atoms with E-state index in [-0.39, 0.29) is 5.91 Å². The van der Waals surface area contributed by atoms with Gasteiger partial charge < -0.3 is 10.2 Å². The lowest BCUT2D eigenvalue weighted by Gasteiger charge is -2.40. The Labute approximate surface area is 206 Å². The first-order valence-electron chi connectivity index (χ1n) is 12.2. The first kappa shape index (κ1) is 22.8. The highest BCUT2D eigenvalue weighted by atomic mass is 35.5. The number of hydrogen-bond donors (Lipinski definition) is 1. The highest BCUT2D eigenvalue weighted by Crippen LogP contribution is 2.25. The van der Waals surface area contributed by atoms with Gasteiger partial charge in [0.1, 0.15) is 0 Å². The number of rotatable bonds is 5. The van der Waals surface area contributed by atoms with E-state index in [2.05, 4.69) is 20.2 Å². The zero-order valence-electron chi connectivity index (χ0n) is 19.3. The summed E-state index contributed by atoms with van der Waals surface area (Å²) in [6.45, 7) is 3.58. The molecule has 2 heterocycles. The molecule has 176 valence electrons. The van der Waals surface area contributed by atoms with Crippen molar-refractivity contribution in [3.8, 4) is 11.3 Å². The molecule has 1 aliphatic heterocycles. The Morgan fingerprint density at radius 2 is 1.59 bits per heavy atom. The van der Waals surface area contributed by atoms with Crippen LogP contribution >= 0.6 is 11.6 Å². The Kier molecular flexibility index (Phi) is 7.07. The molecule has 2 fully saturated rings. The van der Waals surface area contributed by atoms with Gasteiger partial charge in [0.05, 0.1) is 5.69 Å². The molecule has 3 aromatic rings. The Morgan fingerprint density at radius 1 is 0.882 bits per heavy atom. The highest BCUT2D eigenvalue weighted by molar-refractivity contribution is 6.30. The number of halogens is 1. The number of carbonyl (C=O) groups is 1. The van der Waals surface area contributed by atoms with E-state index in [1.54, 1.807) is 6.20 Å². The molecule has 2 aromatic carbocycles. The van der Waals surface area contributed by atoms with Crippen LogP contribution in [0, 0.1) is 0 Å². The molecule has 5 rings (SSSR count). The number of amides is 1. The van der Waals surface area contributed by atoms with Gasteiger partial charge in [-0.05, 0) is 55.3 Å². The third kappa shape index (κ3) is 5.40. The second-order valence-electron chi connectivity index (χ2n) is 9.09. The minimum absolute atomic E-state index is 0.107. The van der Waals surface area contributed by atoms with Crippen molar-refractivity contribution >= 4 is 29.1 Å². The second-order valence-corrected chi connectivity index (χ2v) is 9.53. The monoisotopic (exact) mass is 475 g/mol. The fraction of sp³-hybridized carbons (Fsp3) is 0.370. The van der Waals surface area contributed by atoms with Crippen LogP contribution in [0.4, 0.5) is 11.6 Å². The van der Waals surface area contributed by atoms with Gasteiger partial charge in [0.25, 0.3) is 5.91 Å². The smallest absolute Gasteiger partial charge is 0.253 e. The summed E-state index contributed by atoms with van der Waals surface area (Å²) in [5.74, 6) is 0.612. The van der Waals surface area contributed by atoms with E-state index in [0.717, 1.165) is 49.2 Å². The number of hydrogen-bond acceptors (Lipinski definition) is 5. The molecule has 1 aliphatic carbocycles. The van der Waals surface area contributed by atoms with Gasteiger partial charge in [-0.2, -0.15) is 0 Å². The fourth-order valence-electron chi connectivity index (χ4n) is 4.94. The Balaban J connectivity index is 1.18. The zero-order valence-corrected chi connectivity index (χ0v) is 20.0. The van der Waals surface area contributed by atoms with Crippen molar-refractivity contribution in [3.63, 3.8) is 0 Å². The van der Waals surface area contributed by atoms with Gasteiger partial charge >= 0.3 is 0 Å². The summed E-state index contributed by atoms with van der Waals surface area (Å²) in [4.78, 5) is 26.5. The molecule has 1 amide bonds. The number of aromatic nitrogens is 2. The first-order chi connectivity index (χ1) is 16.7. The molecule has 1 saturated carbocycles. The number of carbonyl (C=O) groups excluding carboxylic acids is 1. The SMILES string of the molecule is O=C(c1ccc(Nc2nccc(-c3ccc(Cl)cc3)n2)cc1)N1CCN(C2CCCCC2)CC1. The van der Waals surface area contributed by atoms with Gasteiger partial charge in [-0.25, -0.2) is 9.97 Å². The van der Waals surface area contributed by atoms with Crippen LogP contribution in [0.15, 0.2) is 60.8 Å². The number of nitrogens with zero attached hydrogens (tertiary/aromatic N) is 4. The maximum absolute atomic E-state index is 13.0. The van der Waals surface area contributed by atoms with Gasteiger partial charge in [-0.1, -0.05) is 43.0 Å². The van der Waals surface area contributed by atoms with Crippen molar-refractivity contribution in [1.29, 1.82) is 0 Å². The maximum atomic E-state index is 13.0. The van der Waals surface area contributed by atoms with E-state index in [9.17, 15) is 4.79 Å². The minimum atomic E-state index is 0.107. The lowest BCUT2D eigenvalue weighted by Crippen LogP contribution is -2.52. The summed E-state index contributed by atoms with van der Waals surface area (Å²) < 4.78 is 0. The van der Waals surface area contributed by atoms with E-state index in [0.29, 0.717) is 16.5 Å². The topological polar surface area (TPSA) is 61.4 Å². The van der Waals surface area contributed by atoms with Crippen molar-refractivity contribution < 1.29 is 4.79 Å². The quantitative estimate of drug-likeness (QED) is 0.518. The highest BCUT2D eigenvalue weighted by Gasteiger charge is 2.27. The first-order valence-corrected chi connectivity index (χ1v) is 12.5. The van der Waals surface area contributed by atoms with Crippen LogP contribution in [0.3, 0.4) is 0 Å². The summed E-state index contributed by atoms with van der Waals surface area (Å²) in [7, 11) is 0. The lowest BCUT2D eigenvalue weighted by atomic mass is 9.94. The van der Waals surface area contributed by atoms with Crippen LogP contribution in [0.1, 0.15) is 42.5 Å².